The Morgan fingerprint density at radius 3 is 2.20 bits per heavy atom. The number of ether oxygens (including phenoxy) is 7. The second-order valence-electron chi connectivity index (χ2n) is 9.76. The summed E-state index contributed by atoms with van der Waals surface area (Å²) >= 11 is 0. The summed E-state index contributed by atoms with van der Waals surface area (Å²) in [4.78, 5) is 2.34. The van der Waals surface area contributed by atoms with Crippen LogP contribution in [-0.4, -0.2) is 104 Å². The van der Waals surface area contributed by atoms with E-state index in [4.69, 9.17) is 33.2 Å². The molecular formula is C27H41NO7. The molecule has 1 aliphatic heterocycles. The highest BCUT2D eigenvalue weighted by atomic mass is 16.6. The number of methoxy groups -OCH3 is 2. The molecule has 4 rings (SSSR count). The van der Waals surface area contributed by atoms with E-state index in [1.807, 2.05) is 6.07 Å². The van der Waals surface area contributed by atoms with Gasteiger partial charge in [-0.15, -0.1) is 0 Å². The highest BCUT2D eigenvalue weighted by Crippen LogP contribution is 2.59. The molecule has 2 aliphatic carbocycles. The molecule has 0 fully saturated rings. The van der Waals surface area contributed by atoms with Crippen LogP contribution in [0, 0.1) is 5.92 Å². The summed E-state index contributed by atoms with van der Waals surface area (Å²) in [6.07, 6.45) is 5.28. The van der Waals surface area contributed by atoms with Gasteiger partial charge in [0.1, 0.15) is 12.2 Å². The van der Waals surface area contributed by atoms with Crippen molar-refractivity contribution >= 4 is 0 Å². The Labute approximate surface area is 209 Å². The molecule has 0 bridgehead atoms. The third-order valence-electron chi connectivity index (χ3n) is 7.52. The fourth-order valence-corrected chi connectivity index (χ4v) is 5.78. The maximum absolute atomic E-state index is 6.63. The van der Waals surface area contributed by atoms with Crippen molar-refractivity contribution in [3.63, 3.8) is 0 Å². The lowest BCUT2D eigenvalue weighted by Gasteiger charge is -2.50. The third-order valence-corrected chi connectivity index (χ3v) is 7.52. The van der Waals surface area contributed by atoms with Crippen molar-refractivity contribution in [2.45, 2.75) is 37.0 Å². The van der Waals surface area contributed by atoms with Gasteiger partial charge in [-0.3, -0.25) is 0 Å². The van der Waals surface area contributed by atoms with Gasteiger partial charge in [0.15, 0.2) is 11.5 Å². The van der Waals surface area contributed by atoms with Crippen LogP contribution in [0.5, 0.6) is 11.5 Å². The molecule has 0 N–H and O–H groups in total. The Balaban J connectivity index is 1.30. The van der Waals surface area contributed by atoms with Gasteiger partial charge in [-0.2, -0.15) is 0 Å². The Kier molecular flexibility index (Phi) is 9.07. The van der Waals surface area contributed by atoms with Gasteiger partial charge < -0.3 is 38.1 Å². The highest BCUT2D eigenvalue weighted by molar-refractivity contribution is 5.61. The van der Waals surface area contributed by atoms with E-state index in [1.165, 1.54) is 11.1 Å². The molecule has 3 aliphatic rings. The molecule has 196 valence electrons. The molecule has 0 radical (unpaired) electrons. The molecule has 0 aromatic heterocycles. The van der Waals surface area contributed by atoms with E-state index >= 15 is 0 Å². The smallest absolute Gasteiger partial charge is 0.165 e. The van der Waals surface area contributed by atoms with E-state index in [2.05, 4.69) is 44.1 Å². The van der Waals surface area contributed by atoms with Crippen molar-refractivity contribution < 1.29 is 33.2 Å². The topological polar surface area (TPSA) is 67.9 Å². The van der Waals surface area contributed by atoms with Crippen molar-refractivity contribution in [3.8, 4) is 11.5 Å². The summed E-state index contributed by atoms with van der Waals surface area (Å²) < 4.78 is 40.1. The van der Waals surface area contributed by atoms with E-state index in [9.17, 15) is 0 Å². The van der Waals surface area contributed by atoms with Crippen LogP contribution in [0.1, 0.15) is 18.1 Å². The number of hydrogen-bond acceptors (Lipinski definition) is 8. The van der Waals surface area contributed by atoms with Gasteiger partial charge in [-0.05, 0) is 32.1 Å². The first kappa shape index (κ1) is 26.4. The molecule has 1 aromatic rings. The quantitative estimate of drug-likeness (QED) is 0.274. The molecule has 1 heterocycles. The zero-order valence-electron chi connectivity index (χ0n) is 21.8. The van der Waals surface area contributed by atoms with Crippen molar-refractivity contribution in [1.82, 2.24) is 4.90 Å². The molecule has 0 saturated heterocycles. The minimum absolute atomic E-state index is 0.105. The number of hydrogen-bond donors (Lipinski definition) is 0. The van der Waals surface area contributed by atoms with E-state index < -0.39 is 0 Å². The molecule has 8 nitrogen and oxygen atoms in total. The van der Waals surface area contributed by atoms with Crippen LogP contribution in [0.25, 0.3) is 0 Å². The molecule has 0 amide bonds. The third kappa shape index (κ3) is 5.38. The first-order chi connectivity index (χ1) is 17.0. The zero-order valence-corrected chi connectivity index (χ0v) is 21.8. The van der Waals surface area contributed by atoms with Crippen LogP contribution in [0.2, 0.25) is 0 Å². The fraction of sp³-hybridized carbons (Fsp3) is 0.704. The van der Waals surface area contributed by atoms with Gasteiger partial charge in [0.2, 0.25) is 0 Å². The van der Waals surface area contributed by atoms with E-state index in [0.29, 0.717) is 64.8 Å². The first-order valence-electron chi connectivity index (χ1n) is 12.6. The summed E-state index contributed by atoms with van der Waals surface area (Å²) in [5.74, 6) is 2.03. The first-order valence-corrected chi connectivity index (χ1v) is 12.6. The summed E-state index contributed by atoms with van der Waals surface area (Å²) in [5.41, 5.74) is 2.47. The summed E-state index contributed by atoms with van der Waals surface area (Å²) in [6.45, 7) is 6.69. The standard InChI is InChI=1S/C27H41NO7/c1-27-20-7-9-23(34-17-16-33-15-14-32-13-12-31-11-10-29-4)26(27)35-25-22(30-5)8-6-19(24(25)27)18-21(20)28(2)3/h6-9,20-21,23,26H,10-18H2,1-5H3/t20?,21-,23+,26+,27+/m1/s1. The molecule has 1 unspecified atom stereocenters. The lowest BCUT2D eigenvalue weighted by atomic mass is 9.57. The minimum Gasteiger partial charge on any atom is -0.493 e. The Morgan fingerprint density at radius 2 is 1.57 bits per heavy atom. The lowest BCUT2D eigenvalue weighted by Crippen LogP contribution is -2.59. The number of benzene rings is 1. The van der Waals surface area contributed by atoms with Crippen LogP contribution in [0.15, 0.2) is 24.3 Å². The van der Waals surface area contributed by atoms with Crippen molar-refractivity contribution in [3.05, 3.63) is 35.4 Å². The van der Waals surface area contributed by atoms with Crippen molar-refractivity contribution in [1.29, 1.82) is 0 Å². The SMILES string of the molecule is COCCOCCOCCOCCO[C@H]1C=CC2[C@H](N(C)C)Cc3ccc(OC)c4c3[C@@]2(C)[C@H]1O4. The van der Waals surface area contributed by atoms with Gasteiger partial charge in [-0.1, -0.05) is 25.1 Å². The van der Waals surface area contributed by atoms with E-state index in [-0.39, 0.29) is 17.6 Å². The van der Waals surface area contributed by atoms with Gasteiger partial charge >= 0.3 is 0 Å². The molecule has 0 spiro atoms. The predicted octanol–water partition coefficient (Wildman–Crippen LogP) is 2.47. The number of nitrogens with zero attached hydrogens (tertiary/aromatic N) is 1. The summed E-state index contributed by atoms with van der Waals surface area (Å²) in [7, 11) is 7.70. The normalized spacial score (nSPS) is 28.3. The summed E-state index contributed by atoms with van der Waals surface area (Å²) in [6, 6.07) is 4.65. The van der Waals surface area contributed by atoms with Crippen LogP contribution in [0.3, 0.4) is 0 Å². The van der Waals surface area contributed by atoms with Crippen LogP contribution in [-0.2, 0) is 35.5 Å². The average molecular weight is 492 g/mol. The lowest BCUT2D eigenvalue weighted by molar-refractivity contribution is -0.0626. The molecule has 8 heteroatoms. The fourth-order valence-electron chi connectivity index (χ4n) is 5.78. The van der Waals surface area contributed by atoms with Gasteiger partial charge in [-0.25, -0.2) is 0 Å². The largest absolute Gasteiger partial charge is 0.493 e. The Bertz CT molecular complexity index is 860. The average Bonchev–Trinajstić information content (AvgIpc) is 3.18. The number of rotatable bonds is 15. The van der Waals surface area contributed by atoms with Gasteiger partial charge in [0.25, 0.3) is 0 Å². The predicted molar refractivity (Wildman–Crippen MR) is 133 cm³/mol. The second kappa shape index (κ2) is 12.0. The van der Waals surface area contributed by atoms with Crippen molar-refractivity contribution in [2.75, 3.05) is 81.2 Å². The van der Waals surface area contributed by atoms with E-state index in [1.54, 1.807) is 14.2 Å². The number of likely N-dealkylation sites (N-methyl/N-ethyl adjacent to an activating group) is 1. The highest BCUT2D eigenvalue weighted by Gasteiger charge is 2.60. The van der Waals surface area contributed by atoms with Crippen LogP contribution in [0.4, 0.5) is 0 Å². The Hall–Kier alpha value is -1.68. The Morgan fingerprint density at radius 1 is 0.914 bits per heavy atom. The molecule has 0 saturated carbocycles. The monoisotopic (exact) mass is 491 g/mol. The maximum atomic E-state index is 6.63. The van der Waals surface area contributed by atoms with Gasteiger partial charge in [0.05, 0.1) is 60.0 Å². The molecule has 1 aromatic carbocycles. The van der Waals surface area contributed by atoms with Crippen LogP contribution < -0.4 is 9.47 Å². The van der Waals surface area contributed by atoms with Crippen LogP contribution >= 0.6 is 0 Å². The summed E-state index contributed by atoms with van der Waals surface area (Å²) in [5, 5.41) is 0. The van der Waals surface area contributed by atoms with Crippen molar-refractivity contribution in [2.24, 2.45) is 5.92 Å². The second-order valence-corrected chi connectivity index (χ2v) is 9.76. The van der Waals surface area contributed by atoms with Gasteiger partial charge in [0, 0.05) is 30.0 Å². The molecule has 35 heavy (non-hydrogen) atoms. The minimum atomic E-state index is -0.175. The maximum Gasteiger partial charge on any atom is 0.165 e. The zero-order chi connectivity index (χ0) is 24.8. The molecular weight excluding hydrogens is 450 g/mol. The molecule has 5 atom stereocenters. The van der Waals surface area contributed by atoms with E-state index in [0.717, 1.165) is 17.9 Å².